The van der Waals surface area contributed by atoms with E-state index in [2.05, 4.69) is 5.32 Å². The Labute approximate surface area is 173 Å². The lowest BCUT2D eigenvalue weighted by Gasteiger charge is -2.34. The minimum atomic E-state index is -4.35. The molecule has 0 unspecified atom stereocenters. The Morgan fingerprint density at radius 3 is 2.17 bits per heavy atom. The van der Waals surface area contributed by atoms with Crippen LogP contribution >= 0.6 is 0 Å². The SMILES string of the molecule is Cc1cccc(C)c1NCC(=O)N1CCN(S(=O)(=O)c2ccc(F)c(F)c2F)CC1. The van der Waals surface area contributed by atoms with E-state index in [1.54, 1.807) is 0 Å². The predicted molar refractivity (Wildman–Crippen MR) is 106 cm³/mol. The average Bonchev–Trinajstić information content (AvgIpc) is 2.71. The number of benzene rings is 2. The molecule has 1 aliphatic rings. The lowest BCUT2D eigenvalue weighted by Crippen LogP contribution is -2.51. The Morgan fingerprint density at radius 2 is 1.57 bits per heavy atom. The molecule has 1 N–H and O–H groups in total. The molecular formula is C20H22F3N3O3S. The van der Waals surface area contributed by atoms with Gasteiger partial charge >= 0.3 is 0 Å². The Kier molecular flexibility index (Phi) is 6.37. The highest BCUT2D eigenvalue weighted by molar-refractivity contribution is 7.89. The molecule has 1 heterocycles. The highest BCUT2D eigenvalue weighted by Gasteiger charge is 2.33. The third kappa shape index (κ3) is 4.29. The molecule has 2 aromatic rings. The van der Waals surface area contributed by atoms with Gasteiger partial charge in [0.25, 0.3) is 0 Å². The van der Waals surface area contributed by atoms with E-state index in [1.807, 2.05) is 32.0 Å². The van der Waals surface area contributed by atoms with Gasteiger partial charge in [0, 0.05) is 31.9 Å². The highest BCUT2D eigenvalue weighted by Crippen LogP contribution is 2.24. The Hall–Kier alpha value is -2.59. The zero-order valence-electron chi connectivity index (χ0n) is 16.6. The number of amides is 1. The molecule has 3 rings (SSSR count). The van der Waals surface area contributed by atoms with Gasteiger partial charge in [-0.05, 0) is 37.1 Å². The second-order valence-corrected chi connectivity index (χ2v) is 8.99. The van der Waals surface area contributed by atoms with Crippen molar-refractivity contribution in [1.82, 2.24) is 9.21 Å². The van der Waals surface area contributed by atoms with Crippen molar-refractivity contribution in [3.05, 3.63) is 58.9 Å². The molecule has 1 saturated heterocycles. The van der Waals surface area contributed by atoms with Gasteiger partial charge in [0.05, 0.1) is 6.54 Å². The zero-order chi connectivity index (χ0) is 22.1. The largest absolute Gasteiger partial charge is 0.376 e. The first kappa shape index (κ1) is 22.1. The molecule has 6 nitrogen and oxygen atoms in total. The van der Waals surface area contributed by atoms with Crippen molar-refractivity contribution in [2.45, 2.75) is 18.7 Å². The molecule has 0 saturated carbocycles. The molecule has 0 aromatic heterocycles. The van der Waals surface area contributed by atoms with Crippen LogP contribution < -0.4 is 5.32 Å². The average molecular weight is 441 g/mol. The van der Waals surface area contributed by atoms with Crippen LogP contribution in [0.2, 0.25) is 0 Å². The number of halogens is 3. The van der Waals surface area contributed by atoms with Crippen molar-refractivity contribution in [2.24, 2.45) is 0 Å². The number of nitrogens with one attached hydrogen (secondary N) is 1. The van der Waals surface area contributed by atoms with Crippen molar-refractivity contribution in [1.29, 1.82) is 0 Å². The van der Waals surface area contributed by atoms with Crippen molar-refractivity contribution in [2.75, 3.05) is 38.0 Å². The van der Waals surface area contributed by atoms with Crippen LogP contribution in [0.25, 0.3) is 0 Å². The number of carbonyl (C=O) groups excluding carboxylic acids is 1. The van der Waals surface area contributed by atoms with Gasteiger partial charge < -0.3 is 10.2 Å². The molecule has 2 aromatic carbocycles. The number of nitrogens with zero attached hydrogens (tertiary/aromatic N) is 2. The van der Waals surface area contributed by atoms with Crippen LogP contribution in [0.3, 0.4) is 0 Å². The molecule has 0 aliphatic carbocycles. The third-order valence-electron chi connectivity index (χ3n) is 5.11. The molecule has 162 valence electrons. The van der Waals surface area contributed by atoms with Crippen molar-refractivity contribution in [3.8, 4) is 0 Å². The number of hydrogen-bond acceptors (Lipinski definition) is 4. The van der Waals surface area contributed by atoms with Crippen molar-refractivity contribution in [3.63, 3.8) is 0 Å². The van der Waals surface area contributed by atoms with Crippen molar-refractivity contribution < 1.29 is 26.4 Å². The summed E-state index contributed by atoms with van der Waals surface area (Å²) in [5.41, 5.74) is 2.89. The number of piperazine rings is 1. The fourth-order valence-corrected chi connectivity index (χ4v) is 4.87. The van der Waals surface area contributed by atoms with E-state index in [0.29, 0.717) is 12.1 Å². The molecule has 0 atom stereocenters. The van der Waals surface area contributed by atoms with Gasteiger partial charge in [-0.3, -0.25) is 4.79 Å². The summed E-state index contributed by atoms with van der Waals surface area (Å²) in [5, 5.41) is 3.11. The lowest BCUT2D eigenvalue weighted by molar-refractivity contribution is -0.130. The van der Waals surface area contributed by atoms with Gasteiger partial charge in [-0.2, -0.15) is 4.31 Å². The molecule has 1 aliphatic heterocycles. The first-order chi connectivity index (χ1) is 14.1. The normalized spacial score (nSPS) is 15.3. The maximum Gasteiger partial charge on any atom is 0.246 e. The Morgan fingerprint density at radius 1 is 0.967 bits per heavy atom. The molecule has 1 fully saturated rings. The maximum absolute atomic E-state index is 14.0. The molecule has 0 bridgehead atoms. The van der Waals surface area contributed by atoms with E-state index in [0.717, 1.165) is 21.1 Å². The van der Waals surface area contributed by atoms with E-state index >= 15 is 0 Å². The van der Waals surface area contributed by atoms with Crippen LogP contribution in [0.4, 0.5) is 18.9 Å². The zero-order valence-corrected chi connectivity index (χ0v) is 17.4. The van der Waals surface area contributed by atoms with Gasteiger partial charge in [-0.15, -0.1) is 0 Å². The Balaban J connectivity index is 1.63. The number of anilines is 1. The minimum Gasteiger partial charge on any atom is -0.376 e. The fraction of sp³-hybridized carbons (Fsp3) is 0.350. The van der Waals surface area contributed by atoms with Gasteiger partial charge in [0.1, 0.15) is 4.90 Å². The predicted octanol–water partition coefficient (Wildman–Crippen LogP) is 2.67. The number of carbonyl (C=O) groups is 1. The Bertz CT molecular complexity index is 1050. The van der Waals surface area contributed by atoms with Crippen LogP contribution in [0.1, 0.15) is 11.1 Å². The minimum absolute atomic E-state index is 0.0518. The summed E-state index contributed by atoms with van der Waals surface area (Å²) >= 11 is 0. The first-order valence-electron chi connectivity index (χ1n) is 9.34. The summed E-state index contributed by atoms with van der Waals surface area (Å²) < 4.78 is 66.7. The summed E-state index contributed by atoms with van der Waals surface area (Å²) in [6, 6.07) is 7.06. The van der Waals surface area contributed by atoms with E-state index in [9.17, 15) is 26.4 Å². The monoisotopic (exact) mass is 441 g/mol. The standard InChI is InChI=1S/C20H22F3N3O3S/c1-13-4-3-5-14(2)20(13)24-12-17(27)25-8-10-26(11-9-25)30(28,29)16-7-6-15(21)18(22)19(16)23/h3-7,24H,8-12H2,1-2H3. The van der Waals surface area contributed by atoms with Gasteiger partial charge in [-0.1, -0.05) is 18.2 Å². The van der Waals surface area contributed by atoms with Crippen LogP contribution in [-0.4, -0.2) is 56.3 Å². The maximum atomic E-state index is 14.0. The summed E-state index contributed by atoms with van der Waals surface area (Å²) in [7, 11) is -4.35. The van der Waals surface area contributed by atoms with Crippen LogP contribution in [0.5, 0.6) is 0 Å². The molecule has 1 amide bonds. The van der Waals surface area contributed by atoms with Crippen molar-refractivity contribution >= 4 is 21.6 Å². The number of sulfonamides is 1. The molecule has 10 heteroatoms. The number of rotatable bonds is 5. The number of aryl methyl sites for hydroxylation is 2. The number of hydrogen-bond donors (Lipinski definition) is 1. The third-order valence-corrected chi connectivity index (χ3v) is 7.02. The summed E-state index contributed by atoms with van der Waals surface area (Å²) in [5.74, 6) is -5.24. The van der Waals surface area contributed by atoms with E-state index in [-0.39, 0.29) is 38.6 Å². The van der Waals surface area contributed by atoms with E-state index in [4.69, 9.17) is 0 Å². The van der Waals surface area contributed by atoms with E-state index in [1.165, 1.54) is 4.90 Å². The van der Waals surface area contributed by atoms with Gasteiger partial charge in [-0.25, -0.2) is 21.6 Å². The lowest BCUT2D eigenvalue weighted by atomic mass is 10.1. The van der Waals surface area contributed by atoms with E-state index < -0.39 is 32.4 Å². The fourth-order valence-electron chi connectivity index (χ4n) is 3.39. The van der Waals surface area contributed by atoms with Crippen LogP contribution in [0, 0.1) is 31.3 Å². The molecule has 30 heavy (non-hydrogen) atoms. The molecule has 0 spiro atoms. The van der Waals surface area contributed by atoms with Crippen LogP contribution in [0.15, 0.2) is 35.2 Å². The quantitative estimate of drug-likeness (QED) is 0.725. The number of para-hydroxylation sites is 1. The summed E-state index contributed by atoms with van der Waals surface area (Å²) in [4.78, 5) is 13.1. The summed E-state index contributed by atoms with van der Waals surface area (Å²) in [6.45, 7) is 3.99. The molecule has 0 radical (unpaired) electrons. The molecular weight excluding hydrogens is 419 g/mol. The van der Waals surface area contributed by atoms with Gasteiger partial charge in [0.15, 0.2) is 17.5 Å². The van der Waals surface area contributed by atoms with Gasteiger partial charge in [0.2, 0.25) is 15.9 Å². The second kappa shape index (κ2) is 8.65. The second-order valence-electron chi connectivity index (χ2n) is 7.08. The smallest absolute Gasteiger partial charge is 0.246 e. The first-order valence-corrected chi connectivity index (χ1v) is 10.8. The highest BCUT2D eigenvalue weighted by atomic mass is 32.2. The topological polar surface area (TPSA) is 69.7 Å². The van der Waals surface area contributed by atoms with Crippen LogP contribution in [-0.2, 0) is 14.8 Å². The summed E-state index contributed by atoms with van der Waals surface area (Å²) in [6.07, 6.45) is 0.